The van der Waals surface area contributed by atoms with Gasteiger partial charge >= 0.3 is 0 Å². The molecule has 0 saturated heterocycles. The van der Waals surface area contributed by atoms with E-state index < -0.39 is 6.04 Å². The fraction of sp³-hybridized carbons (Fsp3) is 0.357. The van der Waals surface area contributed by atoms with Gasteiger partial charge in [-0.25, -0.2) is 14.6 Å². The van der Waals surface area contributed by atoms with Gasteiger partial charge in [-0.3, -0.25) is 9.59 Å². The highest BCUT2D eigenvalue weighted by Gasteiger charge is 2.23. The molecule has 0 fully saturated rings. The third-order valence-electron chi connectivity index (χ3n) is 2.98. The van der Waals surface area contributed by atoms with Gasteiger partial charge in [0.1, 0.15) is 18.7 Å². The van der Waals surface area contributed by atoms with Crippen molar-refractivity contribution in [2.24, 2.45) is 5.92 Å². The second-order valence-corrected chi connectivity index (χ2v) is 5.16. The van der Waals surface area contributed by atoms with E-state index in [9.17, 15) is 9.59 Å². The van der Waals surface area contributed by atoms with Gasteiger partial charge in [-0.05, 0) is 18.1 Å². The van der Waals surface area contributed by atoms with Crippen molar-refractivity contribution in [3.63, 3.8) is 0 Å². The van der Waals surface area contributed by atoms with E-state index >= 15 is 0 Å². The van der Waals surface area contributed by atoms with E-state index in [1.54, 1.807) is 12.1 Å². The molecule has 0 radical (unpaired) electrons. The van der Waals surface area contributed by atoms with Crippen LogP contribution in [-0.2, 0) is 9.59 Å². The van der Waals surface area contributed by atoms with Crippen molar-refractivity contribution in [1.82, 2.24) is 25.1 Å². The lowest BCUT2D eigenvalue weighted by atomic mass is 10.0. The van der Waals surface area contributed by atoms with Gasteiger partial charge in [-0.2, -0.15) is 5.10 Å². The highest BCUT2D eigenvalue weighted by molar-refractivity contribution is 5.97. The smallest absolute Gasteiger partial charge is 0.247 e. The zero-order chi connectivity index (χ0) is 16.1. The molecule has 8 heteroatoms. The van der Waals surface area contributed by atoms with Gasteiger partial charge in [0.25, 0.3) is 0 Å². The molecule has 0 aliphatic heterocycles. The Labute approximate surface area is 128 Å². The Balaban J connectivity index is 2.06. The van der Waals surface area contributed by atoms with Gasteiger partial charge in [-0.15, -0.1) is 0 Å². The third kappa shape index (κ3) is 3.87. The van der Waals surface area contributed by atoms with Gasteiger partial charge in [0.2, 0.25) is 11.8 Å². The summed E-state index contributed by atoms with van der Waals surface area (Å²) in [6.45, 7) is 5.12. The number of aromatic nitrogens is 4. The Morgan fingerprint density at radius 3 is 2.55 bits per heavy atom. The third-order valence-corrected chi connectivity index (χ3v) is 2.98. The quantitative estimate of drug-likeness (QED) is 0.849. The maximum absolute atomic E-state index is 12.2. The summed E-state index contributed by atoms with van der Waals surface area (Å²) in [5.41, 5.74) is 0.546. The van der Waals surface area contributed by atoms with Crippen LogP contribution in [0.3, 0.4) is 0 Å². The highest BCUT2D eigenvalue weighted by Crippen LogP contribution is 2.11. The van der Waals surface area contributed by atoms with Gasteiger partial charge in [0, 0.05) is 6.92 Å². The maximum Gasteiger partial charge on any atom is 0.247 e. The molecule has 2 aromatic heterocycles. The number of anilines is 1. The first-order valence-corrected chi connectivity index (χ1v) is 6.86. The number of carbonyl (C=O) groups is 2. The van der Waals surface area contributed by atoms with Crippen LogP contribution in [0.4, 0.5) is 5.69 Å². The van der Waals surface area contributed by atoms with Crippen molar-refractivity contribution in [2.75, 3.05) is 5.32 Å². The zero-order valence-corrected chi connectivity index (χ0v) is 12.6. The highest BCUT2D eigenvalue weighted by atomic mass is 16.2. The summed E-state index contributed by atoms with van der Waals surface area (Å²) in [5, 5.41) is 9.35. The molecule has 8 nitrogen and oxygen atoms in total. The Hall–Kier alpha value is -2.77. The molecule has 0 saturated carbocycles. The number of rotatable bonds is 5. The first-order valence-electron chi connectivity index (χ1n) is 6.86. The first kappa shape index (κ1) is 15.6. The maximum atomic E-state index is 12.2. The van der Waals surface area contributed by atoms with Crippen molar-refractivity contribution < 1.29 is 9.59 Å². The van der Waals surface area contributed by atoms with Crippen molar-refractivity contribution in [3.8, 4) is 5.82 Å². The van der Waals surface area contributed by atoms with Gasteiger partial charge in [0.15, 0.2) is 5.82 Å². The lowest BCUT2D eigenvalue weighted by molar-refractivity contribution is -0.126. The molecule has 1 atom stereocenters. The largest absolute Gasteiger partial charge is 0.344 e. The minimum Gasteiger partial charge on any atom is -0.344 e. The van der Waals surface area contributed by atoms with E-state index in [0.29, 0.717) is 11.5 Å². The summed E-state index contributed by atoms with van der Waals surface area (Å²) < 4.78 is 1.51. The van der Waals surface area contributed by atoms with Crippen LogP contribution in [-0.4, -0.2) is 37.6 Å². The number of amides is 2. The summed E-state index contributed by atoms with van der Waals surface area (Å²) in [6.07, 6.45) is 4.48. The standard InChI is InChI=1S/C14H18N6O2/c1-9(2)13(18-10(3)21)14(22)19-11-4-5-12(16-6-11)20-8-15-7-17-20/h4-9,13H,1-3H3,(H,18,21)(H,19,22)/t13-/m1/s1. The fourth-order valence-electron chi connectivity index (χ4n) is 1.90. The van der Waals surface area contributed by atoms with Crippen molar-refractivity contribution in [2.45, 2.75) is 26.8 Å². The number of hydrogen-bond donors (Lipinski definition) is 2. The second-order valence-electron chi connectivity index (χ2n) is 5.16. The fourth-order valence-corrected chi connectivity index (χ4v) is 1.90. The molecular weight excluding hydrogens is 284 g/mol. The molecule has 2 heterocycles. The zero-order valence-electron chi connectivity index (χ0n) is 12.6. The summed E-state index contributed by atoms with van der Waals surface area (Å²) >= 11 is 0. The van der Waals surface area contributed by atoms with Crippen LogP contribution < -0.4 is 10.6 Å². The molecule has 116 valence electrons. The molecule has 2 amide bonds. The van der Waals surface area contributed by atoms with Crippen LogP contribution in [0.25, 0.3) is 5.82 Å². The van der Waals surface area contributed by atoms with Crippen LogP contribution in [0.15, 0.2) is 31.0 Å². The second kappa shape index (κ2) is 6.79. The van der Waals surface area contributed by atoms with Crippen LogP contribution in [0, 0.1) is 5.92 Å². The predicted octanol–water partition coefficient (Wildman–Crippen LogP) is 0.761. The van der Waals surface area contributed by atoms with Gasteiger partial charge < -0.3 is 10.6 Å². The number of pyridine rings is 1. The lowest BCUT2D eigenvalue weighted by Crippen LogP contribution is -2.46. The number of nitrogens with one attached hydrogen (secondary N) is 2. The molecule has 0 aromatic carbocycles. The predicted molar refractivity (Wildman–Crippen MR) is 80.2 cm³/mol. The van der Waals surface area contributed by atoms with Crippen LogP contribution in [0.2, 0.25) is 0 Å². The number of carbonyl (C=O) groups excluding carboxylic acids is 2. The van der Waals surface area contributed by atoms with Crippen molar-refractivity contribution in [1.29, 1.82) is 0 Å². The van der Waals surface area contributed by atoms with E-state index in [-0.39, 0.29) is 17.7 Å². The molecule has 2 N–H and O–H groups in total. The molecule has 2 rings (SSSR count). The van der Waals surface area contributed by atoms with E-state index in [4.69, 9.17) is 0 Å². The SMILES string of the molecule is CC(=O)N[C@@H](C(=O)Nc1ccc(-n2cncn2)nc1)C(C)C. The van der Waals surface area contributed by atoms with E-state index in [2.05, 4.69) is 25.7 Å². The molecule has 2 aromatic rings. The summed E-state index contributed by atoms with van der Waals surface area (Å²) in [4.78, 5) is 31.4. The van der Waals surface area contributed by atoms with E-state index in [0.717, 1.165) is 0 Å². The molecule has 0 aliphatic carbocycles. The Morgan fingerprint density at radius 1 is 1.27 bits per heavy atom. The van der Waals surface area contributed by atoms with Gasteiger partial charge in [0.05, 0.1) is 11.9 Å². The van der Waals surface area contributed by atoms with Crippen LogP contribution in [0.1, 0.15) is 20.8 Å². The van der Waals surface area contributed by atoms with Crippen molar-refractivity contribution in [3.05, 3.63) is 31.0 Å². The minimum absolute atomic E-state index is 0.0220. The van der Waals surface area contributed by atoms with E-state index in [1.807, 2.05) is 13.8 Å². The molecule has 0 spiro atoms. The average molecular weight is 302 g/mol. The molecule has 0 bridgehead atoms. The monoisotopic (exact) mass is 302 g/mol. The molecule has 0 aliphatic rings. The molecule has 0 unspecified atom stereocenters. The topological polar surface area (TPSA) is 102 Å². The van der Waals surface area contributed by atoms with E-state index in [1.165, 1.54) is 30.5 Å². The number of nitrogens with zero attached hydrogens (tertiary/aromatic N) is 4. The van der Waals surface area contributed by atoms with Crippen molar-refractivity contribution >= 4 is 17.5 Å². The van der Waals surface area contributed by atoms with Gasteiger partial charge in [-0.1, -0.05) is 13.8 Å². The Kier molecular flexibility index (Phi) is 4.82. The van der Waals surface area contributed by atoms with Crippen LogP contribution >= 0.6 is 0 Å². The Morgan fingerprint density at radius 2 is 2.05 bits per heavy atom. The summed E-state index contributed by atoms with van der Waals surface area (Å²) in [5.74, 6) is 0.0538. The average Bonchev–Trinajstić information content (AvgIpc) is 2.99. The minimum atomic E-state index is -0.590. The first-order chi connectivity index (χ1) is 10.5. The Bertz CT molecular complexity index is 636. The molecular formula is C14H18N6O2. The molecule has 22 heavy (non-hydrogen) atoms. The lowest BCUT2D eigenvalue weighted by Gasteiger charge is -2.20. The number of hydrogen-bond acceptors (Lipinski definition) is 5. The van der Waals surface area contributed by atoms with Crippen LogP contribution in [0.5, 0.6) is 0 Å². The summed E-state index contributed by atoms with van der Waals surface area (Å²) in [7, 11) is 0. The normalized spacial score (nSPS) is 12.0. The summed E-state index contributed by atoms with van der Waals surface area (Å²) in [6, 6.07) is 2.84.